The number of nitrogens with one attached hydrogen (secondary N) is 1. The third-order valence-electron chi connectivity index (χ3n) is 3.97. The zero-order valence-corrected chi connectivity index (χ0v) is 12.1. The van der Waals surface area contributed by atoms with Gasteiger partial charge in [0.2, 0.25) is 6.79 Å². The Morgan fingerprint density at radius 1 is 1.36 bits per heavy atom. The van der Waals surface area contributed by atoms with E-state index in [1.54, 1.807) is 4.90 Å². The number of likely N-dealkylation sites (tertiary alicyclic amines) is 1. The SMILES string of the molecule is O=C(O)C1CCCN(C(=O)NCc2cccc3c2OCO3)C1. The number of ether oxygens (including phenoxy) is 2. The number of fused-ring (bicyclic) bond motifs is 1. The van der Waals surface area contributed by atoms with Crippen LogP contribution in [0.5, 0.6) is 11.5 Å². The number of carboxylic acids is 1. The molecule has 118 valence electrons. The highest BCUT2D eigenvalue weighted by Crippen LogP contribution is 2.35. The number of piperidine rings is 1. The van der Waals surface area contributed by atoms with Crippen molar-refractivity contribution in [3.05, 3.63) is 23.8 Å². The van der Waals surface area contributed by atoms with Crippen molar-refractivity contribution >= 4 is 12.0 Å². The minimum Gasteiger partial charge on any atom is -0.481 e. The summed E-state index contributed by atoms with van der Waals surface area (Å²) in [5.74, 6) is 0.0154. The molecule has 0 spiro atoms. The van der Waals surface area contributed by atoms with Crippen LogP contribution < -0.4 is 14.8 Å². The molecule has 0 aromatic heterocycles. The van der Waals surface area contributed by atoms with Crippen LogP contribution in [0.25, 0.3) is 0 Å². The molecule has 1 unspecified atom stereocenters. The van der Waals surface area contributed by atoms with E-state index in [2.05, 4.69) is 5.32 Å². The lowest BCUT2D eigenvalue weighted by molar-refractivity contribution is -0.143. The van der Waals surface area contributed by atoms with Crippen molar-refractivity contribution < 1.29 is 24.2 Å². The Kier molecular flexibility index (Phi) is 4.04. The van der Waals surface area contributed by atoms with Crippen LogP contribution in [0.3, 0.4) is 0 Å². The summed E-state index contributed by atoms with van der Waals surface area (Å²) in [6, 6.07) is 5.28. The second-order valence-electron chi connectivity index (χ2n) is 5.43. The summed E-state index contributed by atoms with van der Waals surface area (Å²) >= 11 is 0. The lowest BCUT2D eigenvalue weighted by atomic mass is 9.99. The lowest BCUT2D eigenvalue weighted by Crippen LogP contribution is -2.46. The topological polar surface area (TPSA) is 88.1 Å². The van der Waals surface area contributed by atoms with E-state index in [-0.39, 0.29) is 19.4 Å². The van der Waals surface area contributed by atoms with Gasteiger partial charge in [-0.2, -0.15) is 0 Å². The molecule has 22 heavy (non-hydrogen) atoms. The minimum atomic E-state index is -0.844. The summed E-state index contributed by atoms with van der Waals surface area (Å²) in [7, 11) is 0. The Labute approximate surface area is 127 Å². The van der Waals surface area contributed by atoms with Crippen molar-refractivity contribution in [2.45, 2.75) is 19.4 Å². The summed E-state index contributed by atoms with van der Waals surface area (Å²) in [4.78, 5) is 24.8. The van der Waals surface area contributed by atoms with Crippen LogP contribution in [0.2, 0.25) is 0 Å². The second kappa shape index (κ2) is 6.13. The molecule has 7 heteroatoms. The first-order valence-electron chi connectivity index (χ1n) is 7.28. The monoisotopic (exact) mass is 306 g/mol. The van der Waals surface area contributed by atoms with Crippen molar-refractivity contribution in [3.63, 3.8) is 0 Å². The van der Waals surface area contributed by atoms with E-state index < -0.39 is 11.9 Å². The van der Waals surface area contributed by atoms with Gasteiger partial charge in [0.05, 0.1) is 5.92 Å². The second-order valence-corrected chi connectivity index (χ2v) is 5.43. The van der Waals surface area contributed by atoms with Gasteiger partial charge in [0.15, 0.2) is 11.5 Å². The van der Waals surface area contributed by atoms with Crippen LogP contribution in [0.4, 0.5) is 4.79 Å². The molecule has 0 saturated carbocycles. The van der Waals surface area contributed by atoms with E-state index >= 15 is 0 Å². The van der Waals surface area contributed by atoms with Crippen LogP contribution in [0, 0.1) is 5.92 Å². The first-order chi connectivity index (χ1) is 10.6. The molecule has 0 bridgehead atoms. The summed E-state index contributed by atoms with van der Waals surface area (Å²) in [6.45, 7) is 1.35. The molecule has 1 atom stereocenters. The summed E-state index contributed by atoms with van der Waals surface area (Å²) < 4.78 is 10.7. The molecular weight excluding hydrogens is 288 g/mol. The highest BCUT2D eigenvalue weighted by molar-refractivity contribution is 5.76. The molecular formula is C15H18N2O5. The van der Waals surface area contributed by atoms with Gasteiger partial charge >= 0.3 is 12.0 Å². The number of carbonyl (C=O) groups is 2. The van der Waals surface area contributed by atoms with Crippen molar-refractivity contribution in [1.29, 1.82) is 0 Å². The van der Waals surface area contributed by atoms with Gasteiger partial charge in [-0.25, -0.2) is 4.79 Å². The molecule has 2 aliphatic heterocycles. The van der Waals surface area contributed by atoms with E-state index in [1.165, 1.54) is 0 Å². The third kappa shape index (κ3) is 2.93. The normalized spacial score (nSPS) is 19.8. The van der Waals surface area contributed by atoms with Gasteiger partial charge in [-0.05, 0) is 18.9 Å². The molecule has 0 aliphatic carbocycles. The van der Waals surface area contributed by atoms with Gasteiger partial charge in [0.25, 0.3) is 0 Å². The van der Waals surface area contributed by atoms with Gasteiger partial charge < -0.3 is 24.8 Å². The fourth-order valence-corrected chi connectivity index (χ4v) is 2.78. The van der Waals surface area contributed by atoms with Crippen LogP contribution >= 0.6 is 0 Å². The van der Waals surface area contributed by atoms with Crippen molar-refractivity contribution in [2.75, 3.05) is 19.9 Å². The number of nitrogens with zero attached hydrogens (tertiary/aromatic N) is 1. The van der Waals surface area contributed by atoms with Crippen molar-refractivity contribution in [2.24, 2.45) is 5.92 Å². The molecule has 2 N–H and O–H groups in total. The summed E-state index contributed by atoms with van der Waals surface area (Å²) in [6.07, 6.45) is 1.33. The average Bonchev–Trinajstić information content (AvgIpc) is 3.01. The Morgan fingerprint density at radius 2 is 2.23 bits per heavy atom. The molecule has 2 aliphatic rings. The van der Waals surface area contributed by atoms with Crippen LogP contribution in [0.1, 0.15) is 18.4 Å². The van der Waals surface area contributed by atoms with Crippen LogP contribution in [-0.2, 0) is 11.3 Å². The van der Waals surface area contributed by atoms with Crippen molar-refractivity contribution in [3.8, 4) is 11.5 Å². The predicted molar refractivity (Wildman–Crippen MR) is 76.7 cm³/mol. The molecule has 3 rings (SSSR count). The quantitative estimate of drug-likeness (QED) is 0.882. The Bertz CT molecular complexity index is 589. The third-order valence-corrected chi connectivity index (χ3v) is 3.97. The maximum atomic E-state index is 12.2. The number of rotatable bonds is 3. The van der Waals surface area contributed by atoms with Crippen LogP contribution in [-0.4, -0.2) is 41.9 Å². The first kappa shape index (κ1) is 14.5. The molecule has 2 heterocycles. The van der Waals surface area contributed by atoms with Gasteiger partial charge in [0.1, 0.15) is 0 Å². The molecule has 1 aromatic rings. The number of aliphatic carboxylic acids is 1. The largest absolute Gasteiger partial charge is 0.481 e. The maximum Gasteiger partial charge on any atom is 0.317 e. The molecule has 1 saturated heterocycles. The number of para-hydroxylation sites is 1. The number of urea groups is 1. The van der Waals surface area contributed by atoms with E-state index in [1.807, 2.05) is 18.2 Å². The first-order valence-corrected chi connectivity index (χ1v) is 7.28. The predicted octanol–water partition coefficient (Wildman–Crippen LogP) is 1.42. The fraction of sp³-hybridized carbons (Fsp3) is 0.467. The molecule has 1 aromatic carbocycles. The van der Waals surface area contributed by atoms with Crippen LogP contribution in [0.15, 0.2) is 18.2 Å². The molecule has 1 fully saturated rings. The lowest BCUT2D eigenvalue weighted by Gasteiger charge is -2.30. The van der Waals surface area contributed by atoms with Gasteiger partial charge in [-0.1, -0.05) is 12.1 Å². The number of carbonyl (C=O) groups excluding carboxylic acids is 1. The standard InChI is InChI=1S/C15H18N2O5/c18-14(19)11-4-2-6-17(8-11)15(20)16-7-10-3-1-5-12-13(10)22-9-21-12/h1,3,5,11H,2,4,6-9H2,(H,16,20)(H,18,19). The molecule has 7 nitrogen and oxygen atoms in total. The van der Waals surface area contributed by atoms with Crippen molar-refractivity contribution in [1.82, 2.24) is 10.2 Å². The fourth-order valence-electron chi connectivity index (χ4n) is 2.78. The zero-order chi connectivity index (χ0) is 15.5. The average molecular weight is 306 g/mol. The van der Waals surface area contributed by atoms with Gasteiger partial charge in [0, 0.05) is 25.2 Å². The number of amides is 2. The van der Waals surface area contributed by atoms with E-state index in [0.717, 1.165) is 5.56 Å². The Balaban J connectivity index is 1.59. The molecule has 0 radical (unpaired) electrons. The summed E-state index contributed by atoms with van der Waals surface area (Å²) in [5.41, 5.74) is 0.843. The van der Waals surface area contributed by atoms with E-state index in [4.69, 9.17) is 14.6 Å². The maximum absolute atomic E-state index is 12.2. The number of carboxylic acid groups (broad SMARTS) is 1. The molecule has 2 amide bonds. The van der Waals surface area contributed by atoms with E-state index in [0.29, 0.717) is 37.4 Å². The Morgan fingerprint density at radius 3 is 3.05 bits per heavy atom. The van der Waals surface area contributed by atoms with E-state index in [9.17, 15) is 9.59 Å². The summed E-state index contributed by atoms with van der Waals surface area (Å²) in [5, 5.41) is 11.9. The number of hydrogen-bond donors (Lipinski definition) is 2. The highest BCUT2D eigenvalue weighted by Gasteiger charge is 2.28. The number of hydrogen-bond acceptors (Lipinski definition) is 4. The Hall–Kier alpha value is -2.44. The number of benzene rings is 1. The highest BCUT2D eigenvalue weighted by atomic mass is 16.7. The van der Waals surface area contributed by atoms with Gasteiger partial charge in [-0.3, -0.25) is 4.79 Å². The zero-order valence-electron chi connectivity index (χ0n) is 12.1. The smallest absolute Gasteiger partial charge is 0.317 e. The van der Waals surface area contributed by atoms with Gasteiger partial charge in [-0.15, -0.1) is 0 Å². The minimum absolute atomic E-state index is 0.187.